The molecule has 0 saturated heterocycles. The Hall–Kier alpha value is -1.52. The van der Waals surface area contributed by atoms with Gasteiger partial charge < -0.3 is 5.32 Å². The number of rotatable bonds is 6. The van der Waals surface area contributed by atoms with Gasteiger partial charge >= 0.3 is 0 Å². The van der Waals surface area contributed by atoms with Crippen LogP contribution >= 0.6 is 23.4 Å². The predicted molar refractivity (Wildman–Crippen MR) is 83.1 cm³/mol. The number of thioether (sulfide) groups is 1. The first kappa shape index (κ1) is 14.9. The van der Waals surface area contributed by atoms with Gasteiger partial charge in [-0.2, -0.15) is 0 Å². The van der Waals surface area contributed by atoms with Gasteiger partial charge in [0.25, 0.3) is 0 Å². The van der Waals surface area contributed by atoms with Gasteiger partial charge in [0.05, 0.1) is 5.75 Å². The van der Waals surface area contributed by atoms with E-state index < -0.39 is 0 Å². The summed E-state index contributed by atoms with van der Waals surface area (Å²) in [4.78, 5) is 16.9. The second kappa shape index (κ2) is 7.92. The summed E-state index contributed by atoms with van der Waals surface area (Å²) in [6.45, 7) is 0.608. The largest absolute Gasteiger partial charge is 0.355 e. The van der Waals surface area contributed by atoms with Crippen molar-refractivity contribution in [3.8, 4) is 0 Å². The van der Waals surface area contributed by atoms with Crippen molar-refractivity contribution in [3.63, 3.8) is 0 Å². The lowest BCUT2D eigenvalue weighted by atomic mass is 10.3. The molecule has 0 bridgehead atoms. The van der Waals surface area contributed by atoms with E-state index in [1.165, 1.54) is 11.8 Å². The monoisotopic (exact) mass is 306 g/mol. The minimum atomic E-state index is 0.0286. The van der Waals surface area contributed by atoms with E-state index in [4.69, 9.17) is 11.6 Å². The van der Waals surface area contributed by atoms with E-state index in [2.05, 4.69) is 10.3 Å². The molecular formula is C15H15ClN2OS. The zero-order valence-corrected chi connectivity index (χ0v) is 12.5. The number of amides is 1. The summed E-state index contributed by atoms with van der Waals surface area (Å²) in [5.74, 6) is 0.435. The van der Waals surface area contributed by atoms with Gasteiger partial charge in [0.15, 0.2) is 0 Å². The Bertz CT molecular complexity index is 546. The fourth-order valence-corrected chi connectivity index (χ4v) is 2.46. The molecule has 0 saturated carbocycles. The van der Waals surface area contributed by atoms with Gasteiger partial charge in [-0.1, -0.05) is 17.7 Å². The van der Waals surface area contributed by atoms with Crippen molar-refractivity contribution >= 4 is 29.3 Å². The van der Waals surface area contributed by atoms with Crippen LogP contribution in [0.5, 0.6) is 0 Å². The molecule has 0 aliphatic carbocycles. The first-order chi connectivity index (χ1) is 9.74. The Kier molecular flexibility index (Phi) is 5.89. The Labute approximate surface area is 127 Å². The third kappa shape index (κ3) is 5.23. The molecule has 0 spiro atoms. The van der Waals surface area contributed by atoms with Crippen LogP contribution < -0.4 is 5.32 Å². The van der Waals surface area contributed by atoms with Crippen molar-refractivity contribution in [1.29, 1.82) is 0 Å². The molecule has 1 aromatic carbocycles. The summed E-state index contributed by atoms with van der Waals surface area (Å²) < 4.78 is 0. The highest BCUT2D eigenvalue weighted by Crippen LogP contribution is 2.19. The topological polar surface area (TPSA) is 42.0 Å². The number of benzene rings is 1. The quantitative estimate of drug-likeness (QED) is 0.833. The van der Waals surface area contributed by atoms with Gasteiger partial charge in [-0.25, -0.2) is 0 Å². The van der Waals surface area contributed by atoms with E-state index in [1.54, 1.807) is 6.20 Å². The maximum Gasteiger partial charge on any atom is 0.230 e. The minimum Gasteiger partial charge on any atom is -0.355 e. The van der Waals surface area contributed by atoms with E-state index in [1.807, 2.05) is 42.5 Å². The van der Waals surface area contributed by atoms with Crippen molar-refractivity contribution < 1.29 is 4.79 Å². The summed E-state index contributed by atoms with van der Waals surface area (Å²) in [6.07, 6.45) is 2.51. The first-order valence-corrected chi connectivity index (χ1v) is 7.65. The van der Waals surface area contributed by atoms with Gasteiger partial charge in [-0.3, -0.25) is 9.78 Å². The lowest BCUT2D eigenvalue weighted by Gasteiger charge is -2.05. The third-order valence-electron chi connectivity index (χ3n) is 2.61. The Morgan fingerprint density at radius 2 is 2.00 bits per heavy atom. The molecule has 0 atom stereocenters. The maximum absolute atomic E-state index is 11.7. The van der Waals surface area contributed by atoms with Crippen molar-refractivity contribution in [3.05, 3.63) is 59.4 Å². The van der Waals surface area contributed by atoms with E-state index in [9.17, 15) is 4.79 Å². The zero-order chi connectivity index (χ0) is 14.2. The molecule has 0 fully saturated rings. The molecule has 0 aliphatic heterocycles. The molecule has 104 valence electrons. The molecule has 0 radical (unpaired) electrons. The van der Waals surface area contributed by atoms with Crippen molar-refractivity contribution in [2.24, 2.45) is 0 Å². The van der Waals surface area contributed by atoms with Crippen LogP contribution in [0.2, 0.25) is 5.02 Å². The molecule has 2 aromatic rings. The van der Waals surface area contributed by atoms with Gasteiger partial charge in [0.1, 0.15) is 0 Å². The SMILES string of the molecule is O=C(CSc1ccc(Cl)cc1)NCCc1ccccn1. The highest BCUT2D eigenvalue weighted by molar-refractivity contribution is 8.00. The van der Waals surface area contributed by atoms with E-state index in [-0.39, 0.29) is 5.91 Å². The van der Waals surface area contributed by atoms with Crippen LogP contribution in [0, 0.1) is 0 Å². The molecule has 20 heavy (non-hydrogen) atoms. The van der Waals surface area contributed by atoms with Gasteiger partial charge in [-0.05, 0) is 36.4 Å². The van der Waals surface area contributed by atoms with Crippen LogP contribution in [-0.4, -0.2) is 23.2 Å². The summed E-state index contributed by atoms with van der Waals surface area (Å²) in [5.41, 5.74) is 0.984. The molecule has 0 unspecified atom stereocenters. The highest BCUT2D eigenvalue weighted by atomic mass is 35.5. The Balaban J connectivity index is 1.67. The number of hydrogen-bond acceptors (Lipinski definition) is 3. The number of halogens is 1. The van der Waals surface area contributed by atoms with Crippen LogP contribution in [0.1, 0.15) is 5.69 Å². The average Bonchev–Trinajstić information content (AvgIpc) is 2.48. The van der Waals surface area contributed by atoms with Gasteiger partial charge in [0, 0.05) is 34.8 Å². The average molecular weight is 307 g/mol. The number of hydrogen-bond donors (Lipinski definition) is 1. The van der Waals surface area contributed by atoms with Crippen molar-refractivity contribution in [2.45, 2.75) is 11.3 Å². The van der Waals surface area contributed by atoms with Crippen LogP contribution in [0.25, 0.3) is 0 Å². The first-order valence-electron chi connectivity index (χ1n) is 6.29. The number of carbonyl (C=O) groups is 1. The van der Waals surface area contributed by atoms with Crippen LogP contribution in [0.4, 0.5) is 0 Å². The van der Waals surface area contributed by atoms with Crippen LogP contribution in [0.3, 0.4) is 0 Å². The fraction of sp³-hybridized carbons (Fsp3) is 0.200. The molecule has 0 aliphatic rings. The number of nitrogens with zero attached hydrogens (tertiary/aromatic N) is 1. The van der Waals surface area contributed by atoms with Gasteiger partial charge in [-0.15, -0.1) is 11.8 Å². The zero-order valence-electron chi connectivity index (χ0n) is 10.9. The molecular weight excluding hydrogens is 292 g/mol. The predicted octanol–water partition coefficient (Wildman–Crippen LogP) is 3.19. The Morgan fingerprint density at radius 1 is 1.20 bits per heavy atom. The summed E-state index contributed by atoms with van der Waals surface area (Å²) in [7, 11) is 0. The lowest BCUT2D eigenvalue weighted by Crippen LogP contribution is -2.27. The second-order valence-corrected chi connectivity index (χ2v) is 5.65. The molecule has 1 heterocycles. The molecule has 3 nitrogen and oxygen atoms in total. The number of aromatic nitrogens is 1. The number of carbonyl (C=O) groups excluding carboxylic acids is 1. The molecule has 1 N–H and O–H groups in total. The Morgan fingerprint density at radius 3 is 2.70 bits per heavy atom. The highest BCUT2D eigenvalue weighted by Gasteiger charge is 2.03. The molecule has 2 rings (SSSR count). The summed E-state index contributed by atoms with van der Waals surface area (Å²) in [6, 6.07) is 13.2. The van der Waals surface area contributed by atoms with Crippen LogP contribution in [-0.2, 0) is 11.2 Å². The second-order valence-electron chi connectivity index (χ2n) is 4.16. The molecule has 1 amide bonds. The molecule has 1 aromatic heterocycles. The van der Waals surface area contributed by atoms with E-state index >= 15 is 0 Å². The third-order valence-corrected chi connectivity index (χ3v) is 3.88. The fourth-order valence-electron chi connectivity index (χ4n) is 1.61. The molecule has 5 heteroatoms. The summed E-state index contributed by atoms with van der Waals surface area (Å²) in [5, 5.41) is 3.59. The lowest BCUT2D eigenvalue weighted by molar-refractivity contribution is -0.118. The van der Waals surface area contributed by atoms with E-state index in [0.29, 0.717) is 17.3 Å². The van der Waals surface area contributed by atoms with Gasteiger partial charge in [0.2, 0.25) is 5.91 Å². The standard InChI is InChI=1S/C15H15ClN2OS/c16-12-4-6-14(7-5-12)20-11-15(19)18-10-8-13-3-1-2-9-17-13/h1-7,9H,8,10-11H2,(H,18,19). The maximum atomic E-state index is 11.7. The smallest absolute Gasteiger partial charge is 0.230 e. The van der Waals surface area contributed by atoms with E-state index in [0.717, 1.165) is 17.0 Å². The normalized spacial score (nSPS) is 10.2. The van der Waals surface area contributed by atoms with Crippen molar-refractivity contribution in [2.75, 3.05) is 12.3 Å². The van der Waals surface area contributed by atoms with Crippen LogP contribution in [0.15, 0.2) is 53.6 Å². The summed E-state index contributed by atoms with van der Waals surface area (Å²) >= 11 is 7.30. The number of pyridine rings is 1. The minimum absolute atomic E-state index is 0.0286. The number of nitrogens with one attached hydrogen (secondary N) is 1. The van der Waals surface area contributed by atoms with Crippen molar-refractivity contribution in [1.82, 2.24) is 10.3 Å².